The molecular formula is C81H158O17P2. The summed E-state index contributed by atoms with van der Waals surface area (Å²) >= 11 is 0. The molecule has 0 aromatic carbocycles. The van der Waals surface area contributed by atoms with Gasteiger partial charge in [0.2, 0.25) is 0 Å². The van der Waals surface area contributed by atoms with Gasteiger partial charge in [0.1, 0.15) is 19.3 Å². The molecule has 0 aliphatic rings. The molecule has 0 aromatic rings. The number of ether oxygens (including phenoxy) is 4. The van der Waals surface area contributed by atoms with Crippen molar-refractivity contribution >= 4 is 39.5 Å². The Hall–Kier alpha value is -1.94. The molecule has 594 valence electrons. The van der Waals surface area contributed by atoms with E-state index in [4.69, 9.17) is 37.0 Å². The molecule has 2 unspecified atom stereocenters. The van der Waals surface area contributed by atoms with Gasteiger partial charge in [-0.15, -0.1) is 0 Å². The number of phosphoric acid groups is 2. The Balaban J connectivity index is 5.12. The minimum absolute atomic E-state index is 0.108. The first-order valence-electron chi connectivity index (χ1n) is 42.0. The molecule has 0 saturated carbocycles. The van der Waals surface area contributed by atoms with Crippen LogP contribution in [0.3, 0.4) is 0 Å². The fraction of sp³-hybridized carbons (Fsp3) is 0.951. The van der Waals surface area contributed by atoms with E-state index in [1.54, 1.807) is 0 Å². The number of aliphatic hydroxyl groups excluding tert-OH is 1. The van der Waals surface area contributed by atoms with E-state index in [0.717, 1.165) is 108 Å². The lowest BCUT2D eigenvalue weighted by atomic mass is 10.0. The van der Waals surface area contributed by atoms with Crippen molar-refractivity contribution in [1.29, 1.82) is 0 Å². The van der Waals surface area contributed by atoms with Crippen molar-refractivity contribution in [3.8, 4) is 0 Å². The van der Waals surface area contributed by atoms with Crippen molar-refractivity contribution in [3.63, 3.8) is 0 Å². The number of carbonyl (C=O) groups excluding carboxylic acids is 4. The number of esters is 4. The SMILES string of the molecule is CCCCCCCCCCCCCCCCCCC(=O)O[C@H](COC(=O)CCCCCCC)COP(=O)(O)OC[C@H](O)COP(=O)(O)OC[C@@H](COC(=O)CCCCCCCCCCCCCCCCCC(C)C)OC(=O)CCCCCCCCCCCCCCCCCCCCC(C)C. The number of hydrogen-bond donors (Lipinski definition) is 3. The first-order chi connectivity index (χ1) is 48.4. The molecule has 3 N–H and O–H groups in total. The third kappa shape index (κ3) is 74.3. The van der Waals surface area contributed by atoms with Gasteiger partial charge in [-0.05, 0) is 37.5 Å². The second-order valence-electron chi connectivity index (χ2n) is 30.1. The maximum absolute atomic E-state index is 13.1. The lowest BCUT2D eigenvalue weighted by Gasteiger charge is -2.21. The molecule has 0 radical (unpaired) electrons. The van der Waals surface area contributed by atoms with E-state index >= 15 is 0 Å². The van der Waals surface area contributed by atoms with E-state index < -0.39 is 97.5 Å². The Kier molecular flexibility index (Phi) is 71.2. The second kappa shape index (κ2) is 72.6. The second-order valence-corrected chi connectivity index (χ2v) is 33.0. The van der Waals surface area contributed by atoms with E-state index in [2.05, 4.69) is 41.5 Å². The highest BCUT2D eigenvalue weighted by Gasteiger charge is 2.30. The molecule has 0 aliphatic carbocycles. The van der Waals surface area contributed by atoms with Gasteiger partial charge in [0.25, 0.3) is 0 Å². The topological polar surface area (TPSA) is 237 Å². The van der Waals surface area contributed by atoms with E-state index in [-0.39, 0.29) is 25.7 Å². The number of hydrogen-bond acceptors (Lipinski definition) is 15. The van der Waals surface area contributed by atoms with Gasteiger partial charge in [-0.1, -0.05) is 375 Å². The Morgan fingerprint density at radius 3 is 0.680 bits per heavy atom. The third-order valence-corrected chi connectivity index (χ3v) is 20.9. The summed E-state index contributed by atoms with van der Waals surface area (Å²) < 4.78 is 68.5. The molecule has 19 heteroatoms. The monoisotopic (exact) mass is 1470 g/mol. The first-order valence-corrected chi connectivity index (χ1v) is 45.0. The zero-order valence-corrected chi connectivity index (χ0v) is 67.3. The fourth-order valence-electron chi connectivity index (χ4n) is 12.5. The van der Waals surface area contributed by atoms with Gasteiger partial charge in [0.05, 0.1) is 26.4 Å². The van der Waals surface area contributed by atoms with Gasteiger partial charge >= 0.3 is 39.5 Å². The van der Waals surface area contributed by atoms with Gasteiger partial charge in [0.15, 0.2) is 12.2 Å². The summed E-state index contributed by atoms with van der Waals surface area (Å²) in [5.74, 6) is -0.493. The van der Waals surface area contributed by atoms with Crippen molar-refractivity contribution in [2.45, 2.75) is 445 Å². The van der Waals surface area contributed by atoms with Crippen LogP contribution in [0.2, 0.25) is 0 Å². The quantitative estimate of drug-likeness (QED) is 0.0222. The van der Waals surface area contributed by atoms with E-state index in [9.17, 15) is 43.2 Å². The first kappa shape index (κ1) is 98.1. The highest BCUT2D eigenvalue weighted by atomic mass is 31.2. The van der Waals surface area contributed by atoms with Gasteiger partial charge in [-0.25, -0.2) is 9.13 Å². The van der Waals surface area contributed by atoms with Crippen LogP contribution in [0.25, 0.3) is 0 Å². The van der Waals surface area contributed by atoms with Crippen LogP contribution in [0.15, 0.2) is 0 Å². The molecule has 0 aliphatic heterocycles. The number of phosphoric ester groups is 2. The minimum atomic E-state index is -4.96. The van der Waals surface area contributed by atoms with Crippen LogP contribution in [0.4, 0.5) is 0 Å². The molecule has 0 rings (SSSR count). The van der Waals surface area contributed by atoms with Crippen LogP contribution in [-0.2, 0) is 65.4 Å². The highest BCUT2D eigenvalue weighted by molar-refractivity contribution is 7.47. The van der Waals surface area contributed by atoms with Crippen molar-refractivity contribution in [2.24, 2.45) is 11.8 Å². The number of unbranched alkanes of at least 4 members (excludes halogenated alkanes) is 50. The van der Waals surface area contributed by atoms with Crippen molar-refractivity contribution in [1.82, 2.24) is 0 Å². The zero-order valence-electron chi connectivity index (χ0n) is 65.5. The lowest BCUT2D eigenvalue weighted by Crippen LogP contribution is -2.30. The minimum Gasteiger partial charge on any atom is -0.462 e. The predicted molar refractivity (Wildman–Crippen MR) is 409 cm³/mol. The van der Waals surface area contributed by atoms with Crippen molar-refractivity contribution < 1.29 is 80.2 Å². The normalized spacial score (nSPS) is 13.9. The maximum Gasteiger partial charge on any atom is 0.472 e. The molecule has 0 bridgehead atoms. The Morgan fingerprint density at radius 2 is 0.460 bits per heavy atom. The number of rotatable bonds is 80. The molecule has 0 heterocycles. The average molecular weight is 1470 g/mol. The molecule has 0 amide bonds. The summed E-state index contributed by atoms with van der Waals surface area (Å²) in [5.41, 5.74) is 0. The molecule has 0 aromatic heterocycles. The summed E-state index contributed by atoms with van der Waals surface area (Å²) in [4.78, 5) is 72.7. The summed E-state index contributed by atoms with van der Waals surface area (Å²) in [6, 6.07) is 0. The van der Waals surface area contributed by atoms with Gasteiger partial charge < -0.3 is 33.8 Å². The van der Waals surface area contributed by atoms with Crippen LogP contribution in [-0.4, -0.2) is 96.7 Å². The Bertz CT molecular complexity index is 1920. The molecule has 0 fully saturated rings. The largest absolute Gasteiger partial charge is 0.472 e. The van der Waals surface area contributed by atoms with Gasteiger partial charge in [-0.3, -0.25) is 37.3 Å². The molecular weight excluding hydrogens is 1310 g/mol. The van der Waals surface area contributed by atoms with E-state index in [1.165, 1.54) is 238 Å². The van der Waals surface area contributed by atoms with E-state index in [0.29, 0.717) is 25.7 Å². The molecule has 17 nitrogen and oxygen atoms in total. The molecule has 100 heavy (non-hydrogen) atoms. The van der Waals surface area contributed by atoms with Crippen LogP contribution >= 0.6 is 15.6 Å². The van der Waals surface area contributed by atoms with Gasteiger partial charge in [-0.2, -0.15) is 0 Å². The Morgan fingerprint density at radius 1 is 0.270 bits per heavy atom. The fourth-order valence-corrected chi connectivity index (χ4v) is 14.1. The number of carbonyl (C=O) groups is 4. The summed E-state index contributed by atoms with van der Waals surface area (Å²) in [5, 5.41) is 10.6. The van der Waals surface area contributed by atoms with Crippen LogP contribution < -0.4 is 0 Å². The van der Waals surface area contributed by atoms with Crippen molar-refractivity contribution in [3.05, 3.63) is 0 Å². The van der Waals surface area contributed by atoms with Crippen LogP contribution in [0.1, 0.15) is 427 Å². The smallest absolute Gasteiger partial charge is 0.462 e. The summed E-state index contributed by atoms with van der Waals surface area (Å²) in [7, 11) is -9.91. The standard InChI is InChI=1S/C81H158O17P2/c1-7-9-11-13-14-15-16-17-18-26-32-37-42-47-53-59-65-80(85)97-76(69-91-78(83)63-57-49-12-10-8-2)71-95-99(87,88)93-67-75(82)68-94-100(89,90)96-72-77(70-92-79(84)64-58-52-46-41-36-31-28-23-25-30-35-40-45-51-56-62-74(5)6)98-81(86)66-60-54-48-43-38-33-27-22-20-19-21-24-29-34-39-44-50-55-61-73(3)4/h73-77,82H,7-72H2,1-6H3,(H,87,88)(H,89,90)/t75-,76+,77+/m0/s1. The maximum atomic E-state index is 13.1. The van der Waals surface area contributed by atoms with Crippen LogP contribution in [0.5, 0.6) is 0 Å². The van der Waals surface area contributed by atoms with E-state index in [1.807, 2.05) is 0 Å². The lowest BCUT2D eigenvalue weighted by molar-refractivity contribution is -0.161. The molecule has 0 spiro atoms. The molecule has 0 saturated heterocycles. The van der Waals surface area contributed by atoms with Gasteiger partial charge in [0, 0.05) is 25.7 Å². The average Bonchev–Trinajstić information content (AvgIpc) is 0.939. The summed E-state index contributed by atoms with van der Waals surface area (Å²) in [6.45, 7) is 9.61. The molecule has 5 atom stereocenters. The number of aliphatic hydroxyl groups is 1. The van der Waals surface area contributed by atoms with Crippen molar-refractivity contribution in [2.75, 3.05) is 39.6 Å². The predicted octanol–water partition coefficient (Wildman–Crippen LogP) is 24.3. The Labute approximate surface area is 613 Å². The third-order valence-electron chi connectivity index (χ3n) is 19.0. The zero-order chi connectivity index (χ0) is 73.5. The van der Waals surface area contributed by atoms with Crippen LogP contribution in [0, 0.1) is 11.8 Å². The summed E-state index contributed by atoms with van der Waals surface area (Å²) in [6.07, 6.45) is 62.9. The highest BCUT2D eigenvalue weighted by Crippen LogP contribution is 2.45.